The Balaban J connectivity index is 1.75. The average molecular weight is 345 g/mol. The average Bonchev–Trinajstić information content (AvgIpc) is 2.93. The highest BCUT2D eigenvalue weighted by Gasteiger charge is 2.14. The van der Waals surface area contributed by atoms with Crippen LogP contribution in [0.25, 0.3) is 5.69 Å². The number of benzene rings is 2. The Morgan fingerprint density at radius 1 is 1.04 bits per heavy atom. The Morgan fingerprint density at radius 2 is 1.76 bits per heavy atom. The first-order valence-corrected chi connectivity index (χ1v) is 7.93. The molecular weight excluding hydrogens is 327 g/mol. The van der Waals surface area contributed by atoms with Crippen molar-refractivity contribution in [3.63, 3.8) is 0 Å². The van der Waals surface area contributed by atoms with Gasteiger partial charge in [0.05, 0.1) is 11.9 Å². The third kappa shape index (κ3) is 3.91. The van der Waals surface area contributed by atoms with Gasteiger partial charge in [0.2, 0.25) is 0 Å². The van der Waals surface area contributed by atoms with Gasteiger partial charge < -0.3 is 5.32 Å². The molecule has 0 aliphatic rings. The largest absolute Gasteiger partial charge is 0.306 e. The molecule has 0 unspecified atom stereocenters. The van der Waals surface area contributed by atoms with Crippen molar-refractivity contribution < 1.29 is 13.2 Å². The second-order valence-corrected chi connectivity index (χ2v) is 5.96. The number of aromatic nitrogens is 2. The highest BCUT2D eigenvalue weighted by Crippen LogP contribution is 2.21. The predicted molar refractivity (Wildman–Crippen MR) is 89.9 cm³/mol. The van der Waals surface area contributed by atoms with Gasteiger partial charge in [-0.1, -0.05) is 6.07 Å². The van der Waals surface area contributed by atoms with E-state index in [1.165, 1.54) is 24.3 Å². The van der Waals surface area contributed by atoms with Crippen LogP contribution < -0.4 is 5.32 Å². The monoisotopic (exact) mass is 345 g/mol. The predicted octanol–water partition coefficient (Wildman–Crippen LogP) is 4.45. The SMILES string of the molecule is Cc1c([C@@H](C)NCc2cc(F)cc(F)c2)cnn1-c1cccc(F)c1. The van der Waals surface area contributed by atoms with E-state index >= 15 is 0 Å². The zero-order valence-electron chi connectivity index (χ0n) is 13.9. The summed E-state index contributed by atoms with van der Waals surface area (Å²) < 4.78 is 41.6. The van der Waals surface area contributed by atoms with Crippen molar-refractivity contribution in [1.29, 1.82) is 0 Å². The number of nitrogens with zero attached hydrogens (tertiary/aromatic N) is 2. The van der Waals surface area contributed by atoms with Gasteiger partial charge in [0, 0.05) is 29.9 Å². The fourth-order valence-corrected chi connectivity index (χ4v) is 2.81. The Kier molecular flexibility index (Phi) is 4.90. The molecule has 0 fully saturated rings. The summed E-state index contributed by atoms with van der Waals surface area (Å²) in [5, 5.41) is 7.55. The summed E-state index contributed by atoms with van der Waals surface area (Å²) in [5.41, 5.74) is 2.97. The summed E-state index contributed by atoms with van der Waals surface area (Å²) >= 11 is 0. The quantitative estimate of drug-likeness (QED) is 0.740. The summed E-state index contributed by atoms with van der Waals surface area (Å²) in [4.78, 5) is 0. The van der Waals surface area contributed by atoms with Crippen molar-refractivity contribution in [1.82, 2.24) is 15.1 Å². The molecule has 0 spiro atoms. The van der Waals surface area contributed by atoms with Crippen molar-refractivity contribution in [3.8, 4) is 5.69 Å². The molecular formula is C19H18F3N3. The van der Waals surface area contributed by atoms with Crippen LogP contribution in [0, 0.1) is 24.4 Å². The molecule has 3 rings (SSSR count). The third-order valence-corrected chi connectivity index (χ3v) is 4.10. The second-order valence-electron chi connectivity index (χ2n) is 5.96. The van der Waals surface area contributed by atoms with E-state index in [0.29, 0.717) is 17.8 Å². The topological polar surface area (TPSA) is 29.9 Å². The molecule has 0 amide bonds. The lowest BCUT2D eigenvalue weighted by molar-refractivity contribution is 0.552. The van der Waals surface area contributed by atoms with Crippen LogP contribution in [0.1, 0.15) is 29.8 Å². The molecule has 0 aliphatic carbocycles. The maximum absolute atomic E-state index is 13.4. The molecule has 1 atom stereocenters. The molecule has 2 aromatic carbocycles. The molecule has 1 aromatic heterocycles. The molecule has 25 heavy (non-hydrogen) atoms. The van der Waals surface area contributed by atoms with E-state index < -0.39 is 11.6 Å². The van der Waals surface area contributed by atoms with E-state index in [1.807, 2.05) is 13.8 Å². The van der Waals surface area contributed by atoms with E-state index in [0.717, 1.165) is 17.3 Å². The van der Waals surface area contributed by atoms with Gasteiger partial charge in [-0.3, -0.25) is 0 Å². The molecule has 0 aliphatic heterocycles. The second kappa shape index (κ2) is 7.11. The molecule has 3 nitrogen and oxygen atoms in total. The van der Waals surface area contributed by atoms with Crippen molar-refractivity contribution in [2.75, 3.05) is 0 Å². The zero-order chi connectivity index (χ0) is 18.0. The molecule has 1 N–H and O–H groups in total. The van der Waals surface area contributed by atoms with Crippen LogP contribution in [0.15, 0.2) is 48.7 Å². The van der Waals surface area contributed by atoms with Gasteiger partial charge in [0.15, 0.2) is 0 Å². The van der Waals surface area contributed by atoms with Gasteiger partial charge in [-0.05, 0) is 49.7 Å². The summed E-state index contributed by atoms with van der Waals surface area (Å²) in [6, 6.07) is 9.56. The summed E-state index contributed by atoms with van der Waals surface area (Å²) in [6.45, 7) is 4.16. The molecule has 0 radical (unpaired) electrons. The van der Waals surface area contributed by atoms with Crippen LogP contribution in [0.5, 0.6) is 0 Å². The van der Waals surface area contributed by atoms with Crippen LogP contribution in [-0.4, -0.2) is 9.78 Å². The van der Waals surface area contributed by atoms with Crippen LogP contribution in [0.3, 0.4) is 0 Å². The van der Waals surface area contributed by atoms with Gasteiger partial charge in [-0.15, -0.1) is 0 Å². The maximum atomic E-state index is 13.4. The van der Waals surface area contributed by atoms with Gasteiger partial charge in [-0.25, -0.2) is 17.9 Å². The summed E-state index contributed by atoms with van der Waals surface area (Å²) in [5.74, 6) is -1.52. The number of rotatable bonds is 5. The third-order valence-electron chi connectivity index (χ3n) is 4.10. The number of hydrogen-bond donors (Lipinski definition) is 1. The van der Waals surface area contributed by atoms with Crippen molar-refractivity contribution >= 4 is 0 Å². The lowest BCUT2D eigenvalue weighted by atomic mass is 10.1. The first kappa shape index (κ1) is 17.2. The van der Waals surface area contributed by atoms with E-state index in [4.69, 9.17) is 0 Å². The molecule has 0 bridgehead atoms. The fourth-order valence-electron chi connectivity index (χ4n) is 2.81. The van der Waals surface area contributed by atoms with Crippen molar-refractivity contribution in [2.45, 2.75) is 26.4 Å². The van der Waals surface area contributed by atoms with Gasteiger partial charge in [0.25, 0.3) is 0 Å². The van der Waals surface area contributed by atoms with Crippen molar-refractivity contribution in [2.24, 2.45) is 0 Å². The van der Waals surface area contributed by atoms with Crippen LogP contribution in [0.2, 0.25) is 0 Å². The highest BCUT2D eigenvalue weighted by molar-refractivity contribution is 5.36. The first-order valence-electron chi connectivity index (χ1n) is 7.93. The standard InChI is InChI=1S/C19H18F3N3/c1-12(23-10-14-6-16(21)8-17(22)7-14)19-11-24-25(13(19)2)18-5-3-4-15(20)9-18/h3-9,11-12,23H,10H2,1-2H3/t12-/m1/s1. The Hall–Kier alpha value is -2.60. The van der Waals surface area contributed by atoms with Crippen LogP contribution in [0.4, 0.5) is 13.2 Å². The number of halogens is 3. The van der Waals surface area contributed by atoms with E-state index in [2.05, 4.69) is 10.4 Å². The van der Waals surface area contributed by atoms with E-state index in [1.54, 1.807) is 23.0 Å². The fraction of sp³-hybridized carbons (Fsp3) is 0.211. The smallest absolute Gasteiger partial charge is 0.126 e. The first-order chi connectivity index (χ1) is 11.9. The maximum Gasteiger partial charge on any atom is 0.126 e. The molecule has 1 heterocycles. The minimum absolute atomic E-state index is 0.0892. The summed E-state index contributed by atoms with van der Waals surface area (Å²) in [7, 11) is 0. The normalized spacial score (nSPS) is 12.4. The number of hydrogen-bond acceptors (Lipinski definition) is 2. The van der Waals surface area contributed by atoms with Crippen LogP contribution in [-0.2, 0) is 6.54 Å². The van der Waals surface area contributed by atoms with E-state index in [9.17, 15) is 13.2 Å². The van der Waals surface area contributed by atoms with E-state index in [-0.39, 0.29) is 11.9 Å². The molecule has 0 saturated heterocycles. The van der Waals surface area contributed by atoms with Gasteiger partial charge in [0.1, 0.15) is 17.5 Å². The molecule has 6 heteroatoms. The van der Waals surface area contributed by atoms with Gasteiger partial charge >= 0.3 is 0 Å². The highest BCUT2D eigenvalue weighted by atomic mass is 19.1. The minimum Gasteiger partial charge on any atom is -0.306 e. The van der Waals surface area contributed by atoms with Crippen LogP contribution >= 0.6 is 0 Å². The van der Waals surface area contributed by atoms with Crippen molar-refractivity contribution in [3.05, 3.63) is 82.9 Å². The molecule has 0 saturated carbocycles. The zero-order valence-corrected chi connectivity index (χ0v) is 13.9. The molecule has 130 valence electrons. The lowest BCUT2D eigenvalue weighted by Gasteiger charge is -2.14. The Bertz CT molecular complexity index is 869. The number of nitrogens with one attached hydrogen (secondary N) is 1. The lowest BCUT2D eigenvalue weighted by Crippen LogP contribution is -2.19. The minimum atomic E-state index is -0.598. The summed E-state index contributed by atoms with van der Waals surface area (Å²) in [6.07, 6.45) is 1.71. The van der Waals surface area contributed by atoms with Gasteiger partial charge in [-0.2, -0.15) is 5.10 Å². The Morgan fingerprint density at radius 3 is 2.44 bits per heavy atom. The molecule has 3 aromatic rings. The Labute approximate surface area is 144 Å².